The second-order valence-corrected chi connectivity index (χ2v) is 11.9. The lowest BCUT2D eigenvalue weighted by Crippen LogP contribution is -2.29. The molecule has 0 aromatic rings. The molecule has 5 nitrogen and oxygen atoms in total. The van der Waals surface area contributed by atoms with Crippen molar-refractivity contribution in [2.75, 3.05) is 5.33 Å². The lowest BCUT2D eigenvalue weighted by molar-refractivity contribution is -0.160. The first-order valence-corrected chi connectivity index (χ1v) is 14.8. The Morgan fingerprint density at radius 3 is 1.54 bits per heavy atom. The molecule has 0 saturated carbocycles. The van der Waals surface area contributed by atoms with Crippen molar-refractivity contribution in [3.63, 3.8) is 0 Å². The highest BCUT2D eigenvalue weighted by atomic mass is 79.9. The summed E-state index contributed by atoms with van der Waals surface area (Å²) in [6.07, 6.45) is 11.5. The standard InChI is InChI=1S/C12H23BrO2.C10H20O2.C6H11ClO/c1-5-6-7-10(8-9-13)11(14)15-12(2,3)4;1-5-6-7-8-9(11)12-10(2,3)4;1-2-3-4-5-6(7)8/h10H,5-9H2,1-4H3;5-8H2,1-4H3;2-5H2,1H3. The van der Waals surface area contributed by atoms with Crippen LogP contribution in [0.2, 0.25) is 0 Å². The Balaban J connectivity index is -0.000000460. The molecule has 0 amide bonds. The molecule has 1 atom stereocenters. The van der Waals surface area contributed by atoms with Crippen LogP contribution < -0.4 is 0 Å². The van der Waals surface area contributed by atoms with Gasteiger partial charge >= 0.3 is 11.9 Å². The van der Waals surface area contributed by atoms with Crippen molar-refractivity contribution in [3.05, 3.63) is 0 Å². The fourth-order valence-corrected chi connectivity index (χ4v) is 3.46. The van der Waals surface area contributed by atoms with E-state index in [1.54, 1.807) is 0 Å². The van der Waals surface area contributed by atoms with Crippen molar-refractivity contribution in [3.8, 4) is 0 Å². The van der Waals surface area contributed by atoms with Gasteiger partial charge in [-0.05, 0) is 78.8 Å². The zero-order chi connectivity index (χ0) is 27.9. The van der Waals surface area contributed by atoms with E-state index in [-0.39, 0.29) is 34.3 Å². The molecule has 1 unspecified atom stereocenters. The first-order valence-electron chi connectivity index (χ1n) is 13.3. The third-order valence-corrected chi connectivity index (χ3v) is 5.13. The van der Waals surface area contributed by atoms with Crippen LogP contribution in [0.4, 0.5) is 0 Å². The predicted octanol–water partition coefficient (Wildman–Crippen LogP) is 9.16. The van der Waals surface area contributed by atoms with Crippen molar-refractivity contribution in [1.29, 1.82) is 0 Å². The quantitative estimate of drug-likeness (QED) is 0.0879. The molecule has 0 aromatic heterocycles. The molecule has 0 radical (unpaired) electrons. The smallest absolute Gasteiger partial charge is 0.309 e. The number of hydrogen-bond acceptors (Lipinski definition) is 5. The molecule has 0 aliphatic rings. The second-order valence-electron chi connectivity index (χ2n) is 10.7. The lowest BCUT2D eigenvalue weighted by atomic mass is 9.99. The zero-order valence-electron chi connectivity index (χ0n) is 24.1. The fraction of sp³-hybridized carbons (Fsp3) is 0.893. The van der Waals surface area contributed by atoms with E-state index < -0.39 is 0 Å². The number of hydrogen-bond donors (Lipinski definition) is 0. The Morgan fingerprint density at radius 2 is 1.17 bits per heavy atom. The molecule has 0 bridgehead atoms. The molecule has 0 aliphatic heterocycles. The van der Waals surface area contributed by atoms with E-state index in [0.29, 0.717) is 12.8 Å². The normalized spacial score (nSPS) is 11.9. The van der Waals surface area contributed by atoms with Crippen LogP contribution in [0.15, 0.2) is 0 Å². The molecule has 0 rings (SSSR count). The maximum atomic E-state index is 11.8. The maximum absolute atomic E-state index is 11.8. The Hall–Kier alpha value is -0.620. The largest absolute Gasteiger partial charge is 0.460 e. The van der Waals surface area contributed by atoms with Gasteiger partial charge in [-0.1, -0.05) is 75.2 Å². The number of esters is 2. The number of carbonyl (C=O) groups excluding carboxylic acids is 3. The van der Waals surface area contributed by atoms with Gasteiger partial charge in [0, 0.05) is 18.2 Å². The minimum Gasteiger partial charge on any atom is -0.460 e. The lowest BCUT2D eigenvalue weighted by Gasteiger charge is -2.23. The Kier molecular flexibility index (Phi) is 26.4. The van der Waals surface area contributed by atoms with Gasteiger partial charge in [0.2, 0.25) is 5.24 Å². The molecule has 35 heavy (non-hydrogen) atoms. The number of carbonyl (C=O) groups is 3. The zero-order valence-corrected chi connectivity index (χ0v) is 26.4. The summed E-state index contributed by atoms with van der Waals surface area (Å²) in [5, 5.41) is 0.652. The monoisotopic (exact) mass is 584 g/mol. The highest BCUT2D eigenvalue weighted by Crippen LogP contribution is 2.19. The van der Waals surface area contributed by atoms with Crippen molar-refractivity contribution in [2.24, 2.45) is 5.92 Å². The minimum absolute atomic E-state index is 0.0459. The summed E-state index contributed by atoms with van der Waals surface area (Å²) < 4.78 is 10.5. The van der Waals surface area contributed by atoms with Crippen molar-refractivity contribution >= 4 is 44.7 Å². The molecule has 0 fully saturated rings. The second kappa shape index (κ2) is 23.8. The van der Waals surface area contributed by atoms with Crippen LogP contribution in [0.3, 0.4) is 0 Å². The first kappa shape index (κ1) is 38.9. The summed E-state index contributed by atoms with van der Waals surface area (Å²) in [6, 6.07) is 0. The van der Waals surface area contributed by atoms with Crippen LogP contribution in [0.1, 0.15) is 139 Å². The van der Waals surface area contributed by atoms with Crippen LogP contribution in [0.25, 0.3) is 0 Å². The fourth-order valence-electron chi connectivity index (χ4n) is 2.77. The van der Waals surface area contributed by atoms with Crippen LogP contribution in [0, 0.1) is 5.92 Å². The highest BCUT2D eigenvalue weighted by molar-refractivity contribution is 9.09. The topological polar surface area (TPSA) is 69.7 Å². The molecule has 0 heterocycles. The molecule has 210 valence electrons. The van der Waals surface area contributed by atoms with E-state index in [1.807, 2.05) is 41.5 Å². The summed E-state index contributed by atoms with van der Waals surface area (Å²) in [4.78, 5) is 33.0. The van der Waals surface area contributed by atoms with Gasteiger partial charge < -0.3 is 9.47 Å². The summed E-state index contributed by atoms with van der Waals surface area (Å²) in [5.41, 5.74) is -0.697. The van der Waals surface area contributed by atoms with Gasteiger partial charge in [0.15, 0.2) is 0 Å². The average Bonchev–Trinajstić information content (AvgIpc) is 2.69. The molecule has 0 aliphatic carbocycles. The Labute approximate surface area is 229 Å². The minimum atomic E-state index is -0.367. The SMILES string of the molecule is CCCCC(CCBr)C(=O)OC(C)(C)C.CCCCCC(=O)Cl.CCCCCC(=O)OC(C)(C)C. The molecule has 0 aromatic carbocycles. The third kappa shape index (κ3) is 35.6. The van der Waals surface area contributed by atoms with E-state index in [1.165, 1.54) is 0 Å². The van der Waals surface area contributed by atoms with E-state index in [2.05, 4.69) is 36.7 Å². The van der Waals surface area contributed by atoms with Crippen molar-refractivity contribution in [1.82, 2.24) is 0 Å². The van der Waals surface area contributed by atoms with Crippen LogP contribution in [-0.2, 0) is 23.9 Å². The Bertz CT molecular complexity index is 538. The van der Waals surface area contributed by atoms with Gasteiger partial charge in [-0.2, -0.15) is 0 Å². The predicted molar refractivity (Wildman–Crippen MR) is 152 cm³/mol. The summed E-state index contributed by atoms with van der Waals surface area (Å²) >= 11 is 8.46. The van der Waals surface area contributed by atoms with Gasteiger partial charge in [0.1, 0.15) is 11.2 Å². The van der Waals surface area contributed by atoms with Gasteiger partial charge in [-0.25, -0.2) is 0 Å². The summed E-state index contributed by atoms with van der Waals surface area (Å²) in [6.45, 7) is 17.8. The molecular weight excluding hydrogens is 532 g/mol. The van der Waals surface area contributed by atoms with Crippen LogP contribution in [-0.4, -0.2) is 33.7 Å². The van der Waals surface area contributed by atoms with E-state index in [0.717, 1.165) is 69.5 Å². The molecule has 0 spiro atoms. The molecule has 0 saturated heterocycles. The maximum Gasteiger partial charge on any atom is 0.309 e. The van der Waals surface area contributed by atoms with Crippen LogP contribution in [0.5, 0.6) is 0 Å². The van der Waals surface area contributed by atoms with Crippen LogP contribution >= 0.6 is 27.5 Å². The highest BCUT2D eigenvalue weighted by Gasteiger charge is 2.24. The number of halogens is 2. The number of ether oxygens (including phenoxy) is 2. The van der Waals surface area contributed by atoms with Gasteiger partial charge in [-0.15, -0.1) is 0 Å². The number of alkyl halides is 1. The molecule has 7 heteroatoms. The van der Waals surface area contributed by atoms with E-state index in [4.69, 9.17) is 21.1 Å². The average molecular weight is 586 g/mol. The van der Waals surface area contributed by atoms with E-state index >= 15 is 0 Å². The Morgan fingerprint density at radius 1 is 0.714 bits per heavy atom. The van der Waals surface area contributed by atoms with Gasteiger partial charge in [0.05, 0.1) is 5.92 Å². The first-order chi connectivity index (χ1) is 16.1. The number of unbranched alkanes of at least 4 members (excludes halogenated alkanes) is 5. The van der Waals surface area contributed by atoms with Crippen molar-refractivity contribution < 1.29 is 23.9 Å². The van der Waals surface area contributed by atoms with Crippen molar-refractivity contribution in [2.45, 2.75) is 151 Å². The van der Waals surface area contributed by atoms with Gasteiger partial charge in [0.25, 0.3) is 0 Å². The summed E-state index contributed by atoms with van der Waals surface area (Å²) in [5.74, 6) is -0.0603. The molecular formula is C28H54BrClO5. The molecule has 0 N–H and O–H groups in total. The third-order valence-electron chi connectivity index (χ3n) is 4.49. The van der Waals surface area contributed by atoms with E-state index in [9.17, 15) is 14.4 Å². The van der Waals surface area contributed by atoms with Gasteiger partial charge in [-0.3, -0.25) is 14.4 Å². The summed E-state index contributed by atoms with van der Waals surface area (Å²) in [7, 11) is 0. The number of rotatable bonds is 14.